The number of halogens is 3. The fraction of sp³-hybridized carbons (Fsp3) is 0.0175. The lowest BCUT2D eigenvalue weighted by molar-refractivity contribution is -0.137. The summed E-state index contributed by atoms with van der Waals surface area (Å²) in [5.41, 5.74) is 4.62. The first-order valence-electron chi connectivity index (χ1n) is 21.3. The van der Waals surface area contributed by atoms with Gasteiger partial charge in [-0.15, -0.1) is 0 Å². The van der Waals surface area contributed by atoms with Crippen molar-refractivity contribution in [1.29, 1.82) is 10.5 Å². The zero-order chi connectivity index (χ0) is 44.4. The van der Waals surface area contributed by atoms with Gasteiger partial charge >= 0.3 is 6.18 Å². The molecule has 0 atom stereocenters. The van der Waals surface area contributed by atoms with Crippen LogP contribution in [0, 0.1) is 22.7 Å². The molecule has 0 bridgehead atoms. The Balaban J connectivity index is 1.32. The molecule has 0 saturated heterocycles. The maximum atomic E-state index is 17.5. The predicted octanol–water partition coefficient (Wildman–Crippen LogP) is 15.8. The Kier molecular flexibility index (Phi) is 7.80. The number of furan rings is 2. The number of para-hydroxylation sites is 4. The van der Waals surface area contributed by atoms with Crippen LogP contribution in [-0.4, -0.2) is 9.13 Å². The molecular formula is C57H29F3N4O2. The van der Waals surface area contributed by atoms with E-state index in [0.717, 1.165) is 43.1 Å². The van der Waals surface area contributed by atoms with Crippen molar-refractivity contribution in [2.24, 2.45) is 0 Å². The lowest BCUT2D eigenvalue weighted by Gasteiger charge is -2.27. The summed E-state index contributed by atoms with van der Waals surface area (Å²) >= 11 is 0. The van der Waals surface area contributed by atoms with Gasteiger partial charge in [0.25, 0.3) is 0 Å². The largest absolute Gasteiger partial charge is 0.456 e. The summed E-state index contributed by atoms with van der Waals surface area (Å²) in [7, 11) is 0. The van der Waals surface area contributed by atoms with Gasteiger partial charge in [-0.3, -0.25) is 0 Å². The average molecular weight is 859 g/mol. The molecule has 4 heterocycles. The van der Waals surface area contributed by atoms with Gasteiger partial charge in [0.05, 0.1) is 56.7 Å². The van der Waals surface area contributed by atoms with Crippen molar-refractivity contribution in [3.63, 3.8) is 0 Å². The highest BCUT2D eigenvalue weighted by Crippen LogP contribution is 2.53. The van der Waals surface area contributed by atoms with E-state index >= 15 is 13.2 Å². The summed E-state index contributed by atoms with van der Waals surface area (Å²) in [6, 6.07) is 57.3. The van der Waals surface area contributed by atoms with Crippen LogP contribution in [0.15, 0.2) is 185 Å². The smallest absolute Gasteiger partial charge is 0.420 e. The maximum absolute atomic E-state index is 17.5. The minimum absolute atomic E-state index is 0.162. The molecule has 0 fully saturated rings. The first-order chi connectivity index (χ1) is 32.3. The van der Waals surface area contributed by atoms with E-state index in [1.54, 1.807) is 63.7 Å². The lowest BCUT2D eigenvalue weighted by atomic mass is 9.88. The fourth-order valence-electron chi connectivity index (χ4n) is 10.5. The van der Waals surface area contributed by atoms with Crippen molar-refractivity contribution < 1.29 is 22.0 Å². The molecule has 0 aliphatic carbocycles. The molecule has 9 aromatic carbocycles. The molecular weight excluding hydrogens is 830 g/mol. The molecule has 6 nitrogen and oxygen atoms in total. The monoisotopic (exact) mass is 858 g/mol. The van der Waals surface area contributed by atoms with Gasteiger partial charge in [0, 0.05) is 65.3 Å². The van der Waals surface area contributed by atoms with Gasteiger partial charge < -0.3 is 18.0 Å². The van der Waals surface area contributed by atoms with Gasteiger partial charge in [-0.25, -0.2) is 0 Å². The van der Waals surface area contributed by atoms with Crippen LogP contribution in [0.1, 0.15) is 16.7 Å². The minimum atomic E-state index is -5.05. The normalized spacial score (nSPS) is 12.1. The molecule has 0 N–H and O–H groups in total. The van der Waals surface area contributed by atoms with Crippen LogP contribution in [0.3, 0.4) is 0 Å². The maximum Gasteiger partial charge on any atom is 0.420 e. The van der Waals surface area contributed by atoms with E-state index in [2.05, 4.69) is 12.1 Å². The number of aromatic nitrogens is 2. The third-order valence-electron chi connectivity index (χ3n) is 13.0. The zero-order valence-corrected chi connectivity index (χ0v) is 34.5. The second-order valence-electron chi connectivity index (χ2n) is 16.4. The summed E-state index contributed by atoms with van der Waals surface area (Å²) < 4.78 is 68.6. The van der Waals surface area contributed by atoms with E-state index in [9.17, 15) is 10.5 Å². The third kappa shape index (κ3) is 5.11. The summed E-state index contributed by atoms with van der Waals surface area (Å²) in [5.74, 6) is 0. The molecule has 310 valence electrons. The van der Waals surface area contributed by atoms with Gasteiger partial charge in [-0.1, -0.05) is 109 Å². The number of hydrogen-bond acceptors (Lipinski definition) is 4. The molecule has 0 unspecified atom stereocenters. The molecule has 0 spiro atoms. The van der Waals surface area contributed by atoms with Gasteiger partial charge in [0.2, 0.25) is 0 Å². The van der Waals surface area contributed by atoms with Gasteiger partial charge in [-0.2, -0.15) is 23.7 Å². The zero-order valence-electron chi connectivity index (χ0n) is 34.5. The number of alkyl halides is 3. The Hall–Kier alpha value is -9.05. The molecule has 0 aliphatic heterocycles. The van der Waals surface area contributed by atoms with Crippen LogP contribution in [0.25, 0.3) is 121 Å². The summed E-state index contributed by atoms with van der Waals surface area (Å²) in [6.45, 7) is 0. The highest BCUT2D eigenvalue weighted by Gasteiger charge is 2.43. The molecule has 0 aliphatic rings. The third-order valence-corrected chi connectivity index (χ3v) is 13.0. The van der Waals surface area contributed by atoms with Crippen LogP contribution >= 0.6 is 0 Å². The van der Waals surface area contributed by atoms with E-state index in [4.69, 9.17) is 8.83 Å². The van der Waals surface area contributed by atoms with Gasteiger partial charge in [0.1, 0.15) is 27.9 Å². The van der Waals surface area contributed by atoms with E-state index in [-0.39, 0.29) is 33.6 Å². The van der Waals surface area contributed by atoms with Gasteiger partial charge in [-0.05, 0) is 66.7 Å². The summed E-state index contributed by atoms with van der Waals surface area (Å²) in [5, 5.41) is 27.5. The van der Waals surface area contributed by atoms with Crippen molar-refractivity contribution in [3.8, 4) is 45.8 Å². The predicted molar refractivity (Wildman–Crippen MR) is 255 cm³/mol. The fourth-order valence-corrected chi connectivity index (χ4v) is 10.5. The Morgan fingerprint density at radius 1 is 0.379 bits per heavy atom. The topological polar surface area (TPSA) is 83.7 Å². The van der Waals surface area contributed by atoms with Crippen molar-refractivity contribution in [2.45, 2.75) is 6.18 Å². The van der Waals surface area contributed by atoms with Crippen LogP contribution in [0.5, 0.6) is 0 Å². The molecule has 4 aromatic heterocycles. The molecule has 13 aromatic rings. The molecule has 13 rings (SSSR count). The van der Waals surface area contributed by atoms with Crippen LogP contribution < -0.4 is 0 Å². The molecule has 0 saturated carbocycles. The second-order valence-corrected chi connectivity index (χ2v) is 16.4. The summed E-state index contributed by atoms with van der Waals surface area (Å²) in [4.78, 5) is 0. The van der Waals surface area contributed by atoms with E-state index in [1.807, 2.05) is 121 Å². The highest BCUT2D eigenvalue weighted by atomic mass is 19.4. The molecule has 0 radical (unpaired) electrons. The Labute approximate surface area is 372 Å². The van der Waals surface area contributed by atoms with E-state index in [0.29, 0.717) is 55.5 Å². The standard InChI is InChI=1S/C57H29F3N4O2/c58-57(59,60)54-55(63-42-21-9-5-17-36(42)50-44(63)25-27-48-52(50)38-19-7-11-23-46(38)65-48)40(34-15-3-1-13-32(34)30-61)29-41(35-16-4-2-14-33(35)31-62)56(54)64-43-22-10-6-18-37(43)51-45(64)26-28-49-53(51)39-20-8-12-24-47(39)66-49/h1-29H. The van der Waals surface area contributed by atoms with Gasteiger partial charge in [0.15, 0.2) is 0 Å². The molecule has 0 amide bonds. The highest BCUT2D eigenvalue weighted by molar-refractivity contribution is 6.29. The molecule has 9 heteroatoms. The first-order valence-corrected chi connectivity index (χ1v) is 21.3. The van der Waals surface area contributed by atoms with Crippen molar-refractivity contribution >= 4 is 87.5 Å². The first kappa shape index (κ1) is 37.5. The minimum Gasteiger partial charge on any atom is -0.456 e. The number of nitriles is 2. The number of nitrogens with zero attached hydrogens (tertiary/aromatic N) is 4. The van der Waals surface area contributed by atoms with Crippen molar-refractivity contribution in [3.05, 3.63) is 193 Å². The second kappa shape index (κ2) is 13.7. The number of hydrogen-bond donors (Lipinski definition) is 0. The molecule has 66 heavy (non-hydrogen) atoms. The Bertz CT molecular complexity index is 4050. The quantitative estimate of drug-likeness (QED) is 0.176. The lowest BCUT2D eigenvalue weighted by Crippen LogP contribution is -2.18. The SMILES string of the molecule is N#Cc1ccccc1-c1cc(-c2ccccc2C#N)c(-n2c3ccccc3c3c4c(ccc32)oc2ccccc24)c(C(F)(F)F)c1-n1c2ccccc2c2c3c(ccc21)oc1ccccc13. The Morgan fingerprint density at radius 3 is 1.21 bits per heavy atom. The van der Waals surface area contributed by atoms with Crippen LogP contribution in [0.2, 0.25) is 0 Å². The van der Waals surface area contributed by atoms with Crippen molar-refractivity contribution in [2.75, 3.05) is 0 Å². The Morgan fingerprint density at radius 2 is 0.773 bits per heavy atom. The van der Waals surface area contributed by atoms with Crippen LogP contribution in [-0.2, 0) is 6.18 Å². The number of fused-ring (bicyclic) bond motifs is 14. The average Bonchev–Trinajstić information content (AvgIpc) is 4.10. The summed E-state index contributed by atoms with van der Waals surface area (Å²) in [6.07, 6.45) is -5.05. The number of rotatable bonds is 4. The van der Waals surface area contributed by atoms with Crippen LogP contribution in [0.4, 0.5) is 13.2 Å². The van der Waals surface area contributed by atoms with Crippen molar-refractivity contribution in [1.82, 2.24) is 9.13 Å². The van der Waals surface area contributed by atoms with E-state index in [1.165, 1.54) is 0 Å². The van der Waals surface area contributed by atoms with E-state index < -0.39 is 11.7 Å². The number of benzene rings is 9.